The largest absolute Gasteiger partial charge is 0.497 e. The summed E-state index contributed by atoms with van der Waals surface area (Å²) in [7, 11) is 0. The van der Waals surface area contributed by atoms with Crippen LogP contribution in [0.3, 0.4) is 0 Å². The van der Waals surface area contributed by atoms with Gasteiger partial charge in [-0.25, -0.2) is 0 Å². The van der Waals surface area contributed by atoms with Crippen LogP contribution >= 0.6 is 0 Å². The van der Waals surface area contributed by atoms with E-state index in [2.05, 4.69) is 6.58 Å². The molecule has 3 unspecified atom stereocenters. The maximum Gasteiger partial charge on any atom is 0.118 e. The highest BCUT2D eigenvalue weighted by Crippen LogP contribution is 1.99. The summed E-state index contributed by atoms with van der Waals surface area (Å²) in [6, 6.07) is 0. The van der Waals surface area contributed by atoms with Crippen molar-refractivity contribution in [2.75, 3.05) is 19.8 Å². The quantitative estimate of drug-likeness (QED) is 0.593. The molecule has 0 aliphatic heterocycles. The summed E-state index contributed by atoms with van der Waals surface area (Å²) in [5.74, 6) is 0. The molecule has 0 radical (unpaired) electrons. The van der Waals surface area contributed by atoms with Crippen LogP contribution in [0.2, 0.25) is 0 Å². The molecule has 3 atom stereocenters. The Morgan fingerprint density at radius 1 is 1.07 bits per heavy atom. The molecule has 0 saturated heterocycles. The summed E-state index contributed by atoms with van der Waals surface area (Å²) >= 11 is 0. The summed E-state index contributed by atoms with van der Waals surface area (Å²) in [5, 5.41) is 8.74. The van der Waals surface area contributed by atoms with Gasteiger partial charge in [0.1, 0.15) is 6.10 Å². The van der Waals surface area contributed by atoms with Crippen molar-refractivity contribution in [3.63, 3.8) is 0 Å². The molecule has 15 heavy (non-hydrogen) atoms. The third-order valence-corrected chi connectivity index (χ3v) is 1.82. The fourth-order valence-corrected chi connectivity index (χ4v) is 0.904. The second-order valence-electron chi connectivity index (χ2n) is 3.58. The van der Waals surface area contributed by atoms with Gasteiger partial charge in [0.15, 0.2) is 0 Å². The summed E-state index contributed by atoms with van der Waals surface area (Å²) in [5.41, 5.74) is 0. The molecule has 0 rings (SSSR count). The van der Waals surface area contributed by atoms with Gasteiger partial charge in [-0.15, -0.1) is 0 Å². The Balaban J connectivity index is 3.47. The second kappa shape index (κ2) is 8.71. The summed E-state index contributed by atoms with van der Waals surface area (Å²) in [6.45, 7) is 10.1. The van der Waals surface area contributed by atoms with Crippen molar-refractivity contribution in [3.05, 3.63) is 12.8 Å². The second-order valence-corrected chi connectivity index (χ2v) is 3.58. The summed E-state index contributed by atoms with van der Waals surface area (Å²) < 4.78 is 15.9. The molecule has 4 heteroatoms. The Morgan fingerprint density at radius 2 is 1.60 bits per heavy atom. The maximum atomic E-state index is 8.74. The first-order valence-electron chi connectivity index (χ1n) is 5.20. The van der Waals surface area contributed by atoms with Gasteiger partial charge in [0, 0.05) is 0 Å². The van der Waals surface area contributed by atoms with Crippen molar-refractivity contribution in [3.8, 4) is 0 Å². The highest BCUT2D eigenvalue weighted by molar-refractivity contribution is 4.58. The van der Waals surface area contributed by atoms with Crippen LogP contribution in [-0.2, 0) is 14.2 Å². The average molecular weight is 218 g/mol. The van der Waals surface area contributed by atoms with Crippen molar-refractivity contribution in [2.24, 2.45) is 0 Å². The van der Waals surface area contributed by atoms with E-state index in [1.165, 1.54) is 6.26 Å². The smallest absolute Gasteiger partial charge is 0.118 e. The first-order chi connectivity index (χ1) is 7.10. The van der Waals surface area contributed by atoms with Gasteiger partial charge in [-0.3, -0.25) is 0 Å². The maximum absolute atomic E-state index is 8.74. The molecule has 0 aromatic carbocycles. The number of hydrogen-bond acceptors (Lipinski definition) is 4. The molecule has 0 bridgehead atoms. The van der Waals surface area contributed by atoms with E-state index in [4.69, 9.17) is 19.3 Å². The Morgan fingerprint density at radius 3 is 2.13 bits per heavy atom. The van der Waals surface area contributed by atoms with Gasteiger partial charge in [0.25, 0.3) is 0 Å². The zero-order valence-corrected chi connectivity index (χ0v) is 9.81. The minimum atomic E-state index is -0.141. The van der Waals surface area contributed by atoms with E-state index in [1.807, 2.05) is 20.8 Å². The molecule has 0 saturated carbocycles. The highest BCUT2D eigenvalue weighted by Gasteiger charge is 2.08. The molecule has 0 heterocycles. The lowest BCUT2D eigenvalue weighted by molar-refractivity contribution is -0.0635. The van der Waals surface area contributed by atoms with Crippen molar-refractivity contribution in [1.29, 1.82) is 0 Å². The van der Waals surface area contributed by atoms with Crippen molar-refractivity contribution < 1.29 is 19.3 Å². The highest BCUT2D eigenvalue weighted by atomic mass is 16.6. The van der Waals surface area contributed by atoms with E-state index >= 15 is 0 Å². The molecule has 1 N–H and O–H groups in total. The molecule has 0 spiro atoms. The van der Waals surface area contributed by atoms with Crippen LogP contribution in [0, 0.1) is 0 Å². The first kappa shape index (κ1) is 14.4. The predicted molar refractivity (Wildman–Crippen MR) is 58.7 cm³/mol. The van der Waals surface area contributed by atoms with E-state index in [1.54, 1.807) is 0 Å². The Labute approximate surface area is 91.8 Å². The third kappa shape index (κ3) is 8.42. The SMILES string of the molecule is C=COC(C)COC(C)COC(C)CO. The number of hydrogen-bond donors (Lipinski definition) is 1. The van der Waals surface area contributed by atoms with Crippen molar-refractivity contribution in [1.82, 2.24) is 0 Å². The number of aliphatic hydroxyl groups excluding tert-OH is 1. The average Bonchev–Trinajstić information content (AvgIpc) is 2.23. The molecule has 4 nitrogen and oxygen atoms in total. The predicted octanol–water partition coefficient (Wildman–Crippen LogP) is 1.34. The number of ether oxygens (including phenoxy) is 3. The van der Waals surface area contributed by atoms with Crippen LogP contribution in [0.1, 0.15) is 20.8 Å². The first-order valence-corrected chi connectivity index (χ1v) is 5.20. The van der Waals surface area contributed by atoms with Gasteiger partial charge in [-0.2, -0.15) is 0 Å². The van der Waals surface area contributed by atoms with Gasteiger partial charge >= 0.3 is 0 Å². The lowest BCUT2D eigenvalue weighted by atomic mass is 10.4. The molecular formula is C11H22O4. The third-order valence-electron chi connectivity index (χ3n) is 1.82. The zero-order chi connectivity index (χ0) is 11.7. The lowest BCUT2D eigenvalue weighted by Crippen LogP contribution is -2.25. The van der Waals surface area contributed by atoms with Crippen LogP contribution in [0.15, 0.2) is 12.8 Å². The van der Waals surface area contributed by atoms with Crippen LogP contribution in [0.5, 0.6) is 0 Å². The molecule has 0 amide bonds. The molecule has 0 aromatic rings. The molecule has 0 aliphatic carbocycles. The standard InChI is InChI=1S/C11H22O4/c1-5-13-10(3)7-15-11(4)8-14-9(2)6-12/h5,9-12H,1,6-8H2,2-4H3. The van der Waals surface area contributed by atoms with Gasteiger partial charge in [-0.05, 0) is 20.8 Å². The topological polar surface area (TPSA) is 47.9 Å². The minimum Gasteiger partial charge on any atom is -0.497 e. The summed E-state index contributed by atoms with van der Waals surface area (Å²) in [4.78, 5) is 0. The van der Waals surface area contributed by atoms with Crippen LogP contribution < -0.4 is 0 Å². The Bertz CT molecular complexity index is 161. The van der Waals surface area contributed by atoms with E-state index in [0.29, 0.717) is 13.2 Å². The Hall–Kier alpha value is -0.580. The lowest BCUT2D eigenvalue weighted by Gasteiger charge is -2.18. The van der Waals surface area contributed by atoms with Crippen LogP contribution in [-0.4, -0.2) is 43.2 Å². The molecule has 0 aliphatic rings. The number of aliphatic hydroxyl groups is 1. The van der Waals surface area contributed by atoms with Crippen molar-refractivity contribution in [2.45, 2.75) is 39.1 Å². The van der Waals surface area contributed by atoms with Gasteiger partial charge < -0.3 is 19.3 Å². The fraction of sp³-hybridized carbons (Fsp3) is 0.818. The normalized spacial score (nSPS) is 16.8. The van der Waals surface area contributed by atoms with E-state index in [0.717, 1.165) is 0 Å². The summed E-state index contributed by atoms with van der Waals surface area (Å²) in [6.07, 6.45) is 1.26. The van der Waals surface area contributed by atoms with E-state index < -0.39 is 0 Å². The van der Waals surface area contributed by atoms with Gasteiger partial charge in [0.2, 0.25) is 0 Å². The fourth-order valence-electron chi connectivity index (χ4n) is 0.904. The van der Waals surface area contributed by atoms with Crippen LogP contribution in [0.25, 0.3) is 0 Å². The van der Waals surface area contributed by atoms with E-state index in [9.17, 15) is 0 Å². The van der Waals surface area contributed by atoms with E-state index in [-0.39, 0.29) is 24.9 Å². The molecule has 0 fully saturated rings. The zero-order valence-electron chi connectivity index (χ0n) is 9.81. The van der Waals surface area contributed by atoms with Gasteiger partial charge in [0.05, 0.1) is 38.3 Å². The molecule has 90 valence electrons. The molecule has 0 aromatic heterocycles. The number of rotatable bonds is 9. The van der Waals surface area contributed by atoms with Gasteiger partial charge in [-0.1, -0.05) is 6.58 Å². The molecular weight excluding hydrogens is 196 g/mol. The monoisotopic (exact) mass is 218 g/mol. The van der Waals surface area contributed by atoms with Crippen LogP contribution in [0.4, 0.5) is 0 Å². The minimum absolute atomic E-state index is 0.000199. The van der Waals surface area contributed by atoms with Crippen molar-refractivity contribution >= 4 is 0 Å². The Kier molecular flexibility index (Phi) is 8.37.